The lowest BCUT2D eigenvalue weighted by Crippen LogP contribution is -2.28. The van der Waals surface area contributed by atoms with Crippen LogP contribution in [0.4, 0.5) is 0 Å². The Morgan fingerprint density at radius 3 is 1.91 bits per heavy atom. The maximum atomic E-state index is 8.68. The number of nitrogens with two attached hydrogens (primary N) is 1. The normalized spacial score (nSPS) is 13.9. The summed E-state index contributed by atoms with van der Waals surface area (Å²) in [6.07, 6.45) is 0.819. The molecule has 0 aliphatic rings. The van der Waals surface area contributed by atoms with Gasteiger partial charge in [-0.1, -0.05) is 20.8 Å². The van der Waals surface area contributed by atoms with Crippen LogP contribution in [0.25, 0.3) is 0 Å². The second kappa shape index (κ2) is 5.81. The second-order valence-corrected chi connectivity index (χ2v) is 3.81. The van der Waals surface area contributed by atoms with E-state index in [1.54, 1.807) is 0 Å². The summed E-state index contributed by atoms with van der Waals surface area (Å²) in [6, 6.07) is 0. The third-order valence-corrected chi connectivity index (χ3v) is 1.99. The van der Waals surface area contributed by atoms with E-state index >= 15 is 0 Å². The van der Waals surface area contributed by atoms with E-state index in [2.05, 4.69) is 20.8 Å². The van der Waals surface area contributed by atoms with Gasteiger partial charge in [0.15, 0.2) is 0 Å². The van der Waals surface area contributed by atoms with Crippen LogP contribution in [0.3, 0.4) is 0 Å². The van der Waals surface area contributed by atoms with Gasteiger partial charge in [0.05, 0.1) is 0 Å². The molecule has 0 saturated heterocycles. The standard InChI is InChI=1S/C8H19NO.ClH/c1-8(2,3)7(6-9)4-5-10;/h7,10H,4-6,9H2,1-3H3;1H. The van der Waals surface area contributed by atoms with E-state index < -0.39 is 0 Å². The van der Waals surface area contributed by atoms with Gasteiger partial charge in [0.25, 0.3) is 0 Å². The first-order chi connectivity index (χ1) is 4.52. The lowest BCUT2D eigenvalue weighted by atomic mass is 9.79. The Kier molecular flexibility index (Phi) is 7.28. The Balaban J connectivity index is 0. The molecule has 0 radical (unpaired) electrons. The zero-order valence-corrected chi connectivity index (χ0v) is 8.45. The van der Waals surface area contributed by atoms with Gasteiger partial charge in [0, 0.05) is 6.61 Å². The fraction of sp³-hybridized carbons (Fsp3) is 1.00. The molecule has 3 heteroatoms. The molecular formula is C8H20ClNO. The summed E-state index contributed by atoms with van der Waals surface area (Å²) in [5.74, 6) is 0.442. The molecule has 11 heavy (non-hydrogen) atoms. The molecule has 0 aliphatic carbocycles. The minimum Gasteiger partial charge on any atom is -0.396 e. The minimum atomic E-state index is 0. The lowest BCUT2D eigenvalue weighted by molar-refractivity contribution is 0.179. The molecule has 0 saturated carbocycles. The van der Waals surface area contributed by atoms with Crippen LogP contribution in [0.15, 0.2) is 0 Å². The molecule has 70 valence electrons. The topological polar surface area (TPSA) is 46.2 Å². The van der Waals surface area contributed by atoms with Crippen LogP contribution >= 0.6 is 12.4 Å². The van der Waals surface area contributed by atoms with Gasteiger partial charge < -0.3 is 10.8 Å². The van der Waals surface area contributed by atoms with Crippen LogP contribution in [-0.2, 0) is 0 Å². The Labute approximate surface area is 75.6 Å². The van der Waals surface area contributed by atoms with E-state index in [0.717, 1.165) is 6.42 Å². The number of hydrogen-bond acceptors (Lipinski definition) is 2. The fourth-order valence-electron chi connectivity index (χ4n) is 1.06. The summed E-state index contributed by atoms with van der Waals surface area (Å²) in [5, 5.41) is 8.68. The van der Waals surface area contributed by atoms with Crippen molar-refractivity contribution in [2.45, 2.75) is 27.2 Å². The summed E-state index contributed by atoms with van der Waals surface area (Å²) in [6.45, 7) is 7.38. The lowest BCUT2D eigenvalue weighted by Gasteiger charge is -2.28. The Morgan fingerprint density at radius 1 is 1.36 bits per heavy atom. The average Bonchev–Trinajstić information content (AvgIpc) is 1.80. The van der Waals surface area contributed by atoms with Crippen molar-refractivity contribution in [2.24, 2.45) is 17.1 Å². The predicted octanol–water partition coefficient (Wildman–Crippen LogP) is 1.41. The zero-order chi connectivity index (χ0) is 8.20. The molecule has 0 spiro atoms. The average molecular weight is 182 g/mol. The van der Waals surface area contributed by atoms with Crippen molar-refractivity contribution in [1.29, 1.82) is 0 Å². The first-order valence-electron chi connectivity index (χ1n) is 3.83. The number of rotatable bonds is 3. The van der Waals surface area contributed by atoms with Gasteiger partial charge >= 0.3 is 0 Å². The van der Waals surface area contributed by atoms with Crippen LogP contribution in [-0.4, -0.2) is 18.3 Å². The largest absolute Gasteiger partial charge is 0.396 e. The zero-order valence-electron chi connectivity index (χ0n) is 7.63. The van der Waals surface area contributed by atoms with E-state index in [0.29, 0.717) is 12.5 Å². The highest BCUT2D eigenvalue weighted by Gasteiger charge is 2.21. The van der Waals surface area contributed by atoms with Gasteiger partial charge in [0.2, 0.25) is 0 Å². The molecule has 0 fully saturated rings. The second-order valence-electron chi connectivity index (χ2n) is 3.81. The summed E-state index contributed by atoms with van der Waals surface area (Å²) in [4.78, 5) is 0. The van der Waals surface area contributed by atoms with Crippen molar-refractivity contribution in [2.75, 3.05) is 13.2 Å². The van der Waals surface area contributed by atoms with Gasteiger partial charge in [-0.15, -0.1) is 12.4 Å². The van der Waals surface area contributed by atoms with E-state index in [-0.39, 0.29) is 24.4 Å². The van der Waals surface area contributed by atoms with E-state index in [4.69, 9.17) is 10.8 Å². The summed E-state index contributed by atoms with van der Waals surface area (Å²) >= 11 is 0. The van der Waals surface area contributed by atoms with Gasteiger partial charge in [-0.3, -0.25) is 0 Å². The highest BCUT2D eigenvalue weighted by molar-refractivity contribution is 5.85. The van der Waals surface area contributed by atoms with E-state index in [1.807, 2.05) is 0 Å². The van der Waals surface area contributed by atoms with Crippen LogP contribution in [0.2, 0.25) is 0 Å². The predicted molar refractivity (Wildman–Crippen MR) is 51.0 cm³/mol. The molecule has 0 aromatic heterocycles. The first kappa shape index (κ1) is 13.8. The minimum absolute atomic E-state index is 0. The summed E-state index contributed by atoms with van der Waals surface area (Å²) in [7, 11) is 0. The van der Waals surface area contributed by atoms with E-state index in [1.165, 1.54) is 0 Å². The fourth-order valence-corrected chi connectivity index (χ4v) is 1.06. The van der Waals surface area contributed by atoms with Crippen molar-refractivity contribution in [3.8, 4) is 0 Å². The SMILES string of the molecule is CC(C)(C)C(CN)CCO.Cl. The molecule has 0 aliphatic heterocycles. The smallest absolute Gasteiger partial charge is 0.0434 e. The third-order valence-electron chi connectivity index (χ3n) is 1.99. The molecule has 3 N–H and O–H groups in total. The van der Waals surface area contributed by atoms with Crippen LogP contribution in [0.5, 0.6) is 0 Å². The monoisotopic (exact) mass is 181 g/mol. The Hall–Kier alpha value is 0.210. The van der Waals surface area contributed by atoms with Crippen molar-refractivity contribution in [3.63, 3.8) is 0 Å². The molecule has 2 nitrogen and oxygen atoms in total. The number of aliphatic hydroxyl groups excluding tert-OH is 1. The van der Waals surface area contributed by atoms with Crippen molar-refractivity contribution >= 4 is 12.4 Å². The number of halogens is 1. The highest BCUT2D eigenvalue weighted by atomic mass is 35.5. The number of hydrogen-bond donors (Lipinski definition) is 2. The summed E-state index contributed by atoms with van der Waals surface area (Å²) in [5.41, 5.74) is 5.77. The molecule has 0 rings (SSSR count). The quantitative estimate of drug-likeness (QED) is 0.692. The molecule has 0 amide bonds. The molecule has 0 aromatic carbocycles. The van der Waals surface area contributed by atoms with Gasteiger partial charge in [-0.05, 0) is 24.3 Å². The van der Waals surface area contributed by atoms with Gasteiger partial charge in [0.1, 0.15) is 0 Å². The van der Waals surface area contributed by atoms with Gasteiger partial charge in [-0.2, -0.15) is 0 Å². The Morgan fingerprint density at radius 2 is 1.82 bits per heavy atom. The maximum Gasteiger partial charge on any atom is 0.0434 e. The molecule has 0 heterocycles. The molecule has 1 atom stereocenters. The van der Waals surface area contributed by atoms with Gasteiger partial charge in [-0.25, -0.2) is 0 Å². The first-order valence-corrected chi connectivity index (χ1v) is 3.83. The number of aliphatic hydroxyl groups is 1. The molecule has 1 unspecified atom stereocenters. The van der Waals surface area contributed by atoms with Crippen molar-refractivity contribution in [3.05, 3.63) is 0 Å². The molecule has 0 aromatic rings. The van der Waals surface area contributed by atoms with Crippen LogP contribution in [0, 0.1) is 11.3 Å². The molecule has 0 bridgehead atoms. The van der Waals surface area contributed by atoms with Crippen molar-refractivity contribution in [1.82, 2.24) is 0 Å². The van der Waals surface area contributed by atoms with E-state index in [9.17, 15) is 0 Å². The third kappa shape index (κ3) is 5.48. The van der Waals surface area contributed by atoms with Crippen molar-refractivity contribution < 1.29 is 5.11 Å². The maximum absolute atomic E-state index is 8.68. The Bertz CT molecular complexity index is 90.6. The highest BCUT2D eigenvalue weighted by Crippen LogP contribution is 2.26. The van der Waals surface area contributed by atoms with Crippen LogP contribution < -0.4 is 5.73 Å². The van der Waals surface area contributed by atoms with Crippen LogP contribution in [0.1, 0.15) is 27.2 Å². The molecular weight excluding hydrogens is 162 g/mol. The summed E-state index contributed by atoms with van der Waals surface area (Å²) < 4.78 is 0.